The summed E-state index contributed by atoms with van der Waals surface area (Å²) in [6.45, 7) is 4.51. The van der Waals surface area contributed by atoms with E-state index in [0.29, 0.717) is 5.92 Å². The first-order valence-electron chi connectivity index (χ1n) is 7.72. The first-order chi connectivity index (χ1) is 10.7. The van der Waals surface area contributed by atoms with Crippen molar-refractivity contribution in [3.05, 3.63) is 52.8 Å². The molecule has 1 aliphatic heterocycles. The van der Waals surface area contributed by atoms with Gasteiger partial charge in [0.2, 0.25) is 0 Å². The maximum Gasteiger partial charge on any atom is 0.0593 e. The Hall–Kier alpha value is -1.36. The molecule has 1 aromatic carbocycles. The molecule has 1 atom stereocenters. The largest absolute Gasteiger partial charge is 0.380 e. The Labute approximate surface area is 136 Å². The zero-order valence-corrected chi connectivity index (χ0v) is 13.7. The second-order valence-electron chi connectivity index (χ2n) is 5.99. The predicted molar refractivity (Wildman–Crippen MR) is 88.0 cm³/mol. The van der Waals surface area contributed by atoms with Crippen LogP contribution in [0.25, 0.3) is 0 Å². The topological polar surface area (TPSA) is 30.3 Å². The van der Waals surface area contributed by atoms with E-state index in [1.807, 2.05) is 36.1 Å². The van der Waals surface area contributed by atoms with Crippen LogP contribution >= 0.6 is 11.6 Å². The summed E-state index contributed by atoms with van der Waals surface area (Å²) in [5.41, 5.74) is 2.46. The molecule has 1 unspecified atom stereocenters. The second kappa shape index (κ2) is 7.27. The molecular formula is C17H22ClN3O. The standard InChI is InChI=1S/C17H22ClN3O/c1-20-10-15(9-19-20)12-21-6-7-22-13-14(11-21)8-16-4-2-3-5-17(16)18/h2-5,9-10,14H,6-8,11-13H2,1H3. The summed E-state index contributed by atoms with van der Waals surface area (Å²) in [6.07, 6.45) is 4.98. The van der Waals surface area contributed by atoms with Gasteiger partial charge >= 0.3 is 0 Å². The molecule has 0 saturated carbocycles. The second-order valence-corrected chi connectivity index (χ2v) is 6.40. The molecule has 2 aromatic rings. The SMILES string of the molecule is Cn1cc(CN2CCOCC(Cc3ccccc3Cl)C2)cn1. The lowest BCUT2D eigenvalue weighted by Crippen LogP contribution is -2.30. The van der Waals surface area contributed by atoms with Crippen molar-refractivity contribution in [1.29, 1.82) is 0 Å². The number of rotatable bonds is 4. The van der Waals surface area contributed by atoms with Crippen LogP contribution in [0.2, 0.25) is 5.02 Å². The Morgan fingerprint density at radius 1 is 1.36 bits per heavy atom. The number of aryl methyl sites for hydroxylation is 1. The van der Waals surface area contributed by atoms with Crippen molar-refractivity contribution in [2.75, 3.05) is 26.3 Å². The molecule has 0 N–H and O–H groups in total. The monoisotopic (exact) mass is 319 g/mol. The van der Waals surface area contributed by atoms with Crippen LogP contribution in [0.5, 0.6) is 0 Å². The van der Waals surface area contributed by atoms with E-state index < -0.39 is 0 Å². The van der Waals surface area contributed by atoms with Crippen LogP contribution in [-0.4, -0.2) is 41.0 Å². The van der Waals surface area contributed by atoms with E-state index in [9.17, 15) is 0 Å². The highest BCUT2D eigenvalue weighted by atomic mass is 35.5. The molecule has 0 radical (unpaired) electrons. The van der Waals surface area contributed by atoms with Crippen LogP contribution in [0.15, 0.2) is 36.7 Å². The van der Waals surface area contributed by atoms with Crippen LogP contribution in [0.4, 0.5) is 0 Å². The molecule has 1 fully saturated rings. The highest BCUT2D eigenvalue weighted by Gasteiger charge is 2.20. The third-order valence-electron chi connectivity index (χ3n) is 4.05. The highest BCUT2D eigenvalue weighted by molar-refractivity contribution is 6.31. The van der Waals surface area contributed by atoms with Gasteiger partial charge in [-0.1, -0.05) is 29.8 Å². The molecule has 118 valence electrons. The molecular weight excluding hydrogens is 298 g/mol. The fourth-order valence-corrected chi connectivity index (χ4v) is 3.22. The fourth-order valence-electron chi connectivity index (χ4n) is 3.01. The number of benzene rings is 1. The van der Waals surface area contributed by atoms with Gasteiger partial charge in [-0.05, 0) is 24.0 Å². The van der Waals surface area contributed by atoms with Gasteiger partial charge < -0.3 is 4.74 Å². The molecule has 0 spiro atoms. The van der Waals surface area contributed by atoms with E-state index in [2.05, 4.69) is 22.3 Å². The number of hydrogen-bond acceptors (Lipinski definition) is 3. The van der Waals surface area contributed by atoms with E-state index in [1.54, 1.807) is 0 Å². The zero-order chi connectivity index (χ0) is 15.4. The molecule has 3 rings (SSSR count). The molecule has 4 nitrogen and oxygen atoms in total. The molecule has 1 aliphatic rings. The average molecular weight is 320 g/mol. The predicted octanol–water partition coefficient (Wildman–Crippen LogP) is 2.76. The van der Waals surface area contributed by atoms with Crippen molar-refractivity contribution < 1.29 is 4.74 Å². The summed E-state index contributed by atoms with van der Waals surface area (Å²) >= 11 is 6.29. The average Bonchev–Trinajstić information content (AvgIpc) is 2.78. The third kappa shape index (κ3) is 4.09. The van der Waals surface area contributed by atoms with Crippen LogP contribution in [0, 0.1) is 5.92 Å². The van der Waals surface area contributed by atoms with Crippen molar-refractivity contribution in [2.24, 2.45) is 13.0 Å². The summed E-state index contributed by atoms with van der Waals surface area (Å²) in [5.74, 6) is 0.471. The van der Waals surface area contributed by atoms with Gasteiger partial charge in [0, 0.05) is 43.5 Å². The number of nitrogens with zero attached hydrogens (tertiary/aromatic N) is 3. The number of ether oxygens (including phenoxy) is 1. The Balaban J connectivity index is 1.63. The van der Waals surface area contributed by atoms with Crippen molar-refractivity contribution in [1.82, 2.24) is 14.7 Å². The highest BCUT2D eigenvalue weighted by Crippen LogP contribution is 2.21. The van der Waals surface area contributed by atoms with Crippen LogP contribution in [0.1, 0.15) is 11.1 Å². The maximum absolute atomic E-state index is 6.29. The van der Waals surface area contributed by atoms with Gasteiger partial charge in [-0.25, -0.2) is 0 Å². The summed E-state index contributed by atoms with van der Waals surface area (Å²) in [4.78, 5) is 2.45. The molecule has 5 heteroatoms. The molecule has 0 bridgehead atoms. The lowest BCUT2D eigenvalue weighted by molar-refractivity contribution is 0.121. The minimum atomic E-state index is 0.471. The van der Waals surface area contributed by atoms with Gasteiger partial charge in [0.05, 0.1) is 19.4 Å². The van der Waals surface area contributed by atoms with Gasteiger partial charge in [0.1, 0.15) is 0 Å². The smallest absolute Gasteiger partial charge is 0.0593 e. The van der Waals surface area contributed by atoms with E-state index >= 15 is 0 Å². The van der Waals surface area contributed by atoms with Crippen LogP contribution in [0.3, 0.4) is 0 Å². The first-order valence-corrected chi connectivity index (χ1v) is 8.09. The zero-order valence-electron chi connectivity index (χ0n) is 12.9. The Kier molecular flexibility index (Phi) is 5.13. The Bertz CT molecular complexity index is 613. The number of aromatic nitrogens is 2. The van der Waals surface area contributed by atoms with Crippen LogP contribution < -0.4 is 0 Å². The third-order valence-corrected chi connectivity index (χ3v) is 4.42. The lowest BCUT2D eigenvalue weighted by Gasteiger charge is -2.23. The summed E-state index contributed by atoms with van der Waals surface area (Å²) in [5, 5.41) is 5.10. The van der Waals surface area contributed by atoms with Crippen LogP contribution in [-0.2, 0) is 24.8 Å². The first kappa shape index (κ1) is 15.5. The van der Waals surface area contributed by atoms with Crippen molar-refractivity contribution >= 4 is 11.6 Å². The van der Waals surface area contributed by atoms with Gasteiger partial charge in [-0.15, -0.1) is 0 Å². The quantitative estimate of drug-likeness (QED) is 0.868. The number of hydrogen-bond donors (Lipinski definition) is 0. The Morgan fingerprint density at radius 3 is 3.00 bits per heavy atom. The van der Waals surface area contributed by atoms with Crippen molar-refractivity contribution in [3.8, 4) is 0 Å². The van der Waals surface area contributed by atoms with Gasteiger partial charge in [0.15, 0.2) is 0 Å². The summed E-state index contributed by atoms with van der Waals surface area (Å²) in [7, 11) is 1.95. The fraction of sp³-hybridized carbons (Fsp3) is 0.471. The molecule has 2 heterocycles. The molecule has 22 heavy (non-hydrogen) atoms. The number of halogens is 1. The van der Waals surface area contributed by atoms with Crippen molar-refractivity contribution in [2.45, 2.75) is 13.0 Å². The Morgan fingerprint density at radius 2 is 2.23 bits per heavy atom. The van der Waals surface area contributed by atoms with E-state index in [0.717, 1.165) is 44.3 Å². The van der Waals surface area contributed by atoms with Gasteiger partial charge in [-0.3, -0.25) is 9.58 Å². The van der Waals surface area contributed by atoms with E-state index in [4.69, 9.17) is 16.3 Å². The van der Waals surface area contributed by atoms with E-state index in [-0.39, 0.29) is 0 Å². The molecule has 1 saturated heterocycles. The van der Waals surface area contributed by atoms with Gasteiger partial charge in [-0.2, -0.15) is 5.10 Å². The molecule has 0 aliphatic carbocycles. The summed E-state index contributed by atoms with van der Waals surface area (Å²) < 4.78 is 7.64. The lowest BCUT2D eigenvalue weighted by atomic mass is 9.99. The molecule has 0 amide bonds. The maximum atomic E-state index is 6.29. The van der Waals surface area contributed by atoms with E-state index in [1.165, 1.54) is 11.1 Å². The van der Waals surface area contributed by atoms with Crippen molar-refractivity contribution in [3.63, 3.8) is 0 Å². The van der Waals surface area contributed by atoms with Gasteiger partial charge in [0.25, 0.3) is 0 Å². The minimum absolute atomic E-state index is 0.471. The minimum Gasteiger partial charge on any atom is -0.380 e. The normalized spacial score (nSPS) is 20.0. The summed E-state index contributed by atoms with van der Waals surface area (Å²) in [6, 6.07) is 8.09. The molecule has 1 aromatic heterocycles.